The maximum Gasteiger partial charge on any atom is 0.253 e. The average Bonchev–Trinajstić information content (AvgIpc) is 3.48. The highest BCUT2D eigenvalue weighted by Gasteiger charge is 2.68. The number of benzene rings is 5. The third-order valence-corrected chi connectivity index (χ3v) is 8.45. The molecule has 6 nitrogen and oxygen atoms in total. The van der Waals surface area contributed by atoms with Crippen molar-refractivity contribution in [3.05, 3.63) is 160 Å². The van der Waals surface area contributed by atoms with Crippen LogP contribution >= 0.6 is 0 Å². The van der Waals surface area contributed by atoms with Crippen molar-refractivity contribution in [2.75, 3.05) is 4.90 Å². The van der Waals surface area contributed by atoms with Crippen LogP contribution in [0.3, 0.4) is 0 Å². The summed E-state index contributed by atoms with van der Waals surface area (Å²) < 4.78 is 0. The molecular weight excluding hydrogens is 498 g/mol. The van der Waals surface area contributed by atoms with E-state index in [9.17, 15) is 14.9 Å². The van der Waals surface area contributed by atoms with Gasteiger partial charge >= 0.3 is 0 Å². The second-order valence-corrected chi connectivity index (χ2v) is 10.6. The lowest BCUT2D eigenvalue weighted by Crippen LogP contribution is -2.50. The largest absolute Gasteiger partial charge is 0.306 e. The molecular formula is C34H27N3O3. The van der Waals surface area contributed by atoms with E-state index in [0.717, 1.165) is 38.7 Å². The van der Waals surface area contributed by atoms with Crippen LogP contribution in [0.1, 0.15) is 34.2 Å². The van der Waals surface area contributed by atoms with Gasteiger partial charge in [0.2, 0.25) is 6.04 Å². The van der Waals surface area contributed by atoms with Crippen LogP contribution in [0, 0.1) is 10.1 Å². The fourth-order valence-electron chi connectivity index (χ4n) is 6.74. The van der Waals surface area contributed by atoms with Crippen molar-refractivity contribution in [3.8, 4) is 0 Å². The van der Waals surface area contributed by atoms with Gasteiger partial charge in [0.25, 0.3) is 5.91 Å². The van der Waals surface area contributed by atoms with Gasteiger partial charge in [-0.1, -0.05) is 121 Å². The quantitative estimate of drug-likeness (QED) is 0.214. The molecule has 7 rings (SSSR count). The number of carbonyl (C=O) groups excluding carboxylic acids is 1. The number of para-hydroxylation sites is 1. The number of hydrogen-bond donors (Lipinski definition) is 1. The predicted molar refractivity (Wildman–Crippen MR) is 156 cm³/mol. The van der Waals surface area contributed by atoms with Crippen molar-refractivity contribution in [2.24, 2.45) is 0 Å². The molecule has 2 aliphatic heterocycles. The normalized spacial score (nSPS) is 23.6. The van der Waals surface area contributed by atoms with Gasteiger partial charge in [-0.3, -0.25) is 20.2 Å². The number of nitrogens with one attached hydrogen (secondary N) is 1. The summed E-state index contributed by atoms with van der Waals surface area (Å²) in [6, 6.07) is 39.3. The Hall–Kier alpha value is -4.81. The second-order valence-electron chi connectivity index (χ2n) is 10.6. The van der Waals surface area contributed by atoms with Gasteiger partial charge in [-0.15, -0.1) is 0 Å². The molecule has 4 atom stereocenters. The van der Waals surface area contributed by atoms with E-state index in [0.29, 0.717) is 6.54 Å². The molecule has 2 aliphatic rings. The van der Waals surface area contributed by atoms with Crippen LogP contribution in [0.5, 0.6) is 0 Å². The number of anilines is 1. The summed E-state index contributed by atoms with van der Waals surface area (Å²) in [6.45, 7) is 0.379. The van der Waals surface area contributed by atoms with E-state index in [-0.39, 0.29) is 10.8 Å². The Balaban J connectivity index is 1.47. The molecule has 5 aromatic rings. The van der Waals surface area contributed by atoms with E-state index in [2.05, 4.69) is 5.32 Å². The van der Waals surface area contributed by atoms with E-state index in [4.69, 9.17) is 0 Å². The van der Waals surface area contributed by atoms with Crippen molar-refractivity contribution in [1.82, 2.24) is 5.32 Å². The highest BCUT2D eigenvalue weighted by molar-refractivity contribution is 6.09. The fourth-order valence-corrected chi connectivity index (χ4v) is 6.74. The first kappa shape index (κ1) is 24.2. The van der Waals surface area contributed by atoms with Crippen LogP contribution in [0.15, 0.2) is 127 Å². The lowest BCUT2D eigenvalue weighted by molar-refractivity contribution is -0.527. The van der Waals surface area contributed by atoms with Gasteiger partial charge in [0.1, 0.15) is 11.6 Å². The maximum absolute atomic E-state index is 14.8. The average molecular weight is 526 g/mol. The maximum atomic E-state index is 14.8. The molecule has 40 heavy (non-hydrogen) atoms. The topological polar surface area (TPSA) is 75.5 Å². The number of amides is 1. The first-order valence-corrected chi connectivity index (χ1v) is 13.5. The Morgan fingerprint density at radius 3 is 2.15 bits per heavy atom. The lowest BCUT2D eigenvalue weighted by Gasteiger charge is -2.31. The van der Waals surface area contributed by atoms with E-state index >= 15 is 0 Å². The molecule has 2 heterocycles. The number of fused-ring (bicyclic) bond motifs is 3. The summed E-state index contributed by atoms with van der Waals surface area (Å²) in [5.41, 5.74) is 2.81. The van der Waals surface area contributed by atoms with E-state index < -0.39 is 23.5 Å². The third kappa shape index (κ3) is 3.64. The van der Waals surface area contributed by atoms with Crippen molar-refractivity contribution in [2.45, 2.75) is 30.1 Å². The molecule has 0 aliphatic carbocycles. The Bertz CT molecular complexity index is 1740. The summed E-state index contributed by atoms with van der Waals surface area (Å²) in [6.07, 6.45) is 0. The summed E-state index contributed by atoms with van der Waals surface area (Å²) in [5, 5.41) is 18.6. The smallest absolute Gasteiger partial charge is 0.253 e. The Morgan fingerprint density at radius 1 is 0.750 bits per heavy atom. The zero-order chi connectivity index (χ0) is 27.3. The highest BCUT2D eigenvalue weighted by Crippen LogP contribution is 2.57. The molecule has 1 amide bonds. The van der Waals surface area contributed by atoms with Gasteiger partial charge in [-0.05, 0) is 33.5 Å². The molecule has 0 saturated carbocycles. The van der Waals surface area contributed by atoms with Crippen molar-refractivity contribution in [3.63, 3.8) is 0 Å². The zero-order valence-electron chi connectivity index (χ0n) is 21.7. The Kier molecular flexibility index (Phi) is 5.72. The van der Waals surface area contributed by atoms with Crippen molar-refractivity contribution < 1.29 is 9.72 Å². The zero-order valence-corrected chi connectivity index (χ0v) is 21.7. The summed E-state index contributed by atoms with van der Waals surface area (Å²) in [4.78, 5) is 29.4. The minimum absolute atomic E-state index is 0.166. The van der Waals surface area contributed by atoms with Gasteiger partial charge < -0.3 is 4.90 Å². The lowest BCUT2D eigenvalue weighted by atomic mass is 9.73. The summed E-state index contributed by atoms with van der Waals surface area (Å²) in [5.74, 6) is -0.910. The van der Waals surface area contributed by atoms with Crippen LogP contribution in [-0.2, 0) is 16.9 Å². The van der Waals surface area contributed by atoms with Crippen molar-refractivity contribution in [1.29, 1.82) is 0 Å². The number of carbonyl (C=O) groups is 1. The molecule has 1 saturated heterocycles. The highest BCUT2D eigenvalue weighted by atomic mass is 16.6. The molecule has 0 aromatic heterocycles. The van der Waals surface area contributed by atoms with Crippen LogP contribution in [0.25, 0.3) is 10.8 Å². The van der Waals surface area contributed by atoms with Gasteiger partial charge in [-0.2, -0.15) is 0 Å². The number of hydrogen-bond acceptors (Lipinski definition) is 4. The van der Waals surface area contributed by atoms with E-state index in [1.54, 1.807) is 4.90 Å². The number of rotatable bonds is 5. The Labute approximate surface area is 232 Å². The molecule has 0 bridgehead atoms. The van der Waals surface area contributed by atoms with Gasteiger partial charge in [-0.25, -0.2) is 0 Å². The SMILES string of the molecule is O=C1N(Cc2ccccc2)c2ccccc2C12N[C@@H](c1ccccc1)[C@@H]([N+](=O)[O-])[C@H]2c1ccc2ccccc2c1. The summed E-state index contributed by atoms with van der Waals surface area (Å²) in [7, 11) is 0. The Morgan fingerprint density at radius 2 is 1.40 bits per heavy atom. The second kappa shape index (κ2) is 9.43. The van der Waals surface area contributed by atoms with E-state index in [1.165, 1.54) is 0 Å². The molecule has 1 N–H and O–H groups in total. The molecule has 5 aromatic carbocycles. The molecule has 0 radical (unpaired) electrons. The van der Waals surface area contributed by atoms with Crippen LogP contribution < -0.4 is 10.2 Å². The molecule has 1 spiro atoms. The standard InChI is InChI=1S/C34H27N3O3/c38-33-34(28-17-9-10-18-29(28)36(33)22-23-11-3-1-4-12-23)30(27-20-19-24-13-7-8-16-26(24)21-27)32(37(39)40)31(35-34)25-14-5-2-6-15-25/h1-21,30-32,35H,22H2/t30-,31+,32+,34?/m1/s1. The fraction of sp³-hybridized carbons (Fsp3) is 0.147. The monoisotopic (exact) mass is 525 g/mol. The predicted octanol–water partition coefficient (Wildman–Crippen LogP) is 6.36. The number of nitrogens with zero attached hydrogens (tertiary/aromatic N) is 2. The minimum Gasteiger partial charge on any atom is -0.306 e. The molecule has 1 fully saturated rings. The van der Waals surface area contributed by atoms with Gasteiger partial charge in [0.15, 0.2) is 0 Å². The van der Waals surface area contributed by atoms with Gasteiger partial charge in [0, 0.05) is 16.2 Å². The van der Waals surface area contributed by atoms with Crippen LogP contribution in [-0.4, -0.2) is 16.9 Å². The molecule has 196 valence electrons. The first-order chi connectivity index (χ1) is 19.6. The van der Waals surface area contributed by atoms with E-state index in [1.807, 2.05) is 127 Å². The summed E-state index contributed by atoms with van der Waals surface area (Å²) >= 11 is 0. The van der Waals surface area contributed by atoms with Gasteiger partial charge in [0.05, 0.1) is 12.5 Å². The van der Waals surface area contributed by atoms with Crippen LogP contribution in [0.4, 0.5) is 5.69 Å². The molecule has 1 unspecified atom stereocenters. The molecule has 6 heteroatoms. The van der Waals surface area contributed by atoms with Crippen LogP contribution in [0.2, 0.25) is 0 Å². The van der Waals surface area contributed by atoms with Crippen molar-refractivity contribution >= 4 is 22.4 Å². The number of nitro groups is 1. The minimum atomic E-state index is -1.31. The first-order valence-electron chi connectivity index (χ1n) is 13.5. The third-order valence-electron chi connectivity index (χ3n) is 8.45.